The van der Waals surface area contributed by atoms with E-state index in [2.05, 4.69) is 5.32 Å². The third kappa shape index (κ3) is 4.40. The van der Waals surface area contributed by atoms with E-state index in [1.165, 1.54) is 0 Å². The van der Waals surface area contributed by atoms with Gasteiger partial charge in [0.15, 0.2) is 5.78 Å². The molecule has 2 unspecified atom stereocenters. The molecule has 202 valence electrons. The van der Waals surface area contributed by atoms with E-state index in [4.69, 9.17) is 10.1 Å². The van der Waals surface area contributed by atoms with E-state index in [-0.39, 0.29) is 30.1 Å². The third-order valence-corrected chi connectivity index (χ3v) is 7.93. The van der Waals surface area contributed by atoms with Crippen molar-refractivity contribution in [3.05, 3.63) is 58.1 Å². The molecule has 0 saturated carbocycles. The van der Waals surface area contributed by atoms with Crippen LogP contribution in [0.5, 0.6) is 5.75 Å². The van der Waals surface area contributed by atoms with Gasteiger partial charge in [-0.2, -0.15) is 0 Å². The van der Waals surface area contributed by atoms with Crippen LogP contribution in [-0.2, 0) is 16.8 Å². The lowest BCUT2D eigenvalue weighted by atomic mass is 9.74. The predicted octanol–water partition coefficient (Wildman–Crippen LogP) is 3.68. The van der Waals surface area contributed by atoms with Crippen molar-refractivity contribution in [2.24, 2.45) is 5.92 Å². The molecule has 2 aromatic rings. The number of hydrogen-bond acceptors (Lipinski definition) is 6. The summed E-state index contributed by atoms with van der Waals surface area (Å²) in [5.41, 5.74) is 3.74. The summed E-state index contributed by atoms with van der Waals surface area (Å²) in [6.45, 7) is 8.58. The smallest absolute Gasteiger partial charge is 0.308 e. The number of amidine groups is 1. The lowest BCUT2D eigenvalue weighted by molar-refractivity contribution is -0.143. The van der Waals surface area contributed by atoms with Crippen LogP contribution in [0.3, 0.4) is 0 Å². The molecule has 0 bridgehead atoms. The van der Waals surface area contributed by atoms with Gasteiger partial charge in [0.1, 0.15) is 11.6 Å². The third-order valence-electron chi connectivity index (χ3n) is 7.93. The van der Waals surface area contributed by atoms with E-state index in [9.17, 15) is 19.5 Å². The molecular formula is C29H36N4O5. The number of Topliss-reactive ketones (excluding diaryl/α,β-unsaturated/α-hetero) is 1. The SMILES string of the molecule is CCOc1cc2c(cc1C(=O)NC)C(=N)N(CC(=O)c1ccc3c(c1)C(C)(C)C(C(CC)C(=O)O)N3C)C2. The molecule has 2 aliphatic rings. The number of ether oxygens (including phenoxy) is 1. The first kappa shape index (κ1) is 27.2. The first-order valence-corrected chi connectivity index (χ1v) is 12.9. The number of carboxylic acids is 1. The van der Waals surface area contributed by atoms with Crippen molar-refractivity contribution in [1.82, 2.24) is 10.2 Å². The van der Waals surface area contributed by atoms with E-state index in [1.807, 2.05) is 51.8 Å². The van der Waals surface area contributed by atoms with Crippen LogP contribution in [0.25, 0.3) is 0 Å². The molecule has 9 heteroatoms. The Labute approximate surface area is 223 Å². The van der Waals surface area contributed by atoms with Gasteiger partial charge in [-0.15, -0.1) is 0 Å². The maximum Gasteiger partial charge on any atom is 0.308 e. The second-order valence-corrected chi connectivity index (χ2v) is 10.5. The maximum atomic E-state index is 13.4. The van der Waals surface area contributed by atoms with Crippen LogP contribution >= 0.6 is 0 Å². The second-order valence-electron chi connectivity index (χ2n) is 10.5. The summed E-state index contributed by atoms with van der Waals surface area (Å²) in [4.78, 5) is 41.5. The quantitative estimate of drug-likeness (QED) is 0.431. The Morgan fingerprint density at radius 3 is 2.53 bits per heavy atom. The van der Waals surface area contributed by atoms with Gasteiger partial charge >= 0.3 is 5.97 Å². The molecule has 0 saturated heterocycles. The standard InChI is InChI=1S/C29H36N4O5/c1-7-18(28(36)37)25-29(3,4)21-11-16(9-10-22(21)32(25)6)23(34)15-33-14-17-12-24(38-8-2)20(27(35)31-5)13-19(17)26(33)30/h9-13,18,25,30H,7-8,14-15H2,1-6H3,(H,31,35)(H,36,37). The Morgan fingerprint density at radius 1 is 1.21 bits per heavy atom. The van der Waals surface area contributed by atoms with Crippen LogP contribution in [0.15, 0.2) is 30.3 Å². The number of benzene rings is 2. The largest absolute Gasteiger partial charge is 0.493 e. The first-order chi connectivity index (χ1) is 18.0. The topological polar surface area (TPSA) is 123 Å². The summed E-state index contributed by atoms with van der Waals surface area (Å²) in [5.74, 6) is -1.13. The Bertz CT molecular complexity index is 1320. The predicted molar refractivity (Wildman–Crippen MR) is 146 cm³/mol. The highest BCUT2D eigenvalue weighted by atomic mass is 16.5. The Balaban J connectivity index is 1.58. The van der Waals surface area contributed by atoms with Crippen LogP contribution in [0, 0.1) is 11.3 Å². The van der Waals surface area contributed by atoms with E-state index in [1.54, 1.807) is 30.1 Å². The number of amides is 1. The Hall–Kier alpha value is -3.88. The molecule has 2 atom stereocenters. The number of hydrogen-bond donors (Lipinski definition) is 3. The molecule has 0 fully saturated rings. The number of fused-ring (bicyclic) bond motifs is 2. The van der Waals surface area contributed by atoms with Crippen molar-refractivity contribution in [3.8, 4) is 5.75 Å². The van der Waals surface area contributed by atoms with Crippen molar-refractivity contribution < 1.29 is 24.2 Å². The summed E-state index contributed by atoms with van der Waals surface area (Å²) >= 11 is 0. The van der Waals surface area contributed by atoms with Crippen LogP contribution in [-0.4, -0.2) is 66.8 Å². The summed E-state index contributed by atoms with van der Waals surface area (Å²) in [6.07, 6.45) is 0.512. The van der Waals surface area contributed by atoms with Gasteiger partial charge < -0.3 is 25.0 Å². The van der Waals surface area contributed by atoms with Crippen LogP contribution in [0.4, 0.5) is 5.69 Å². The number of carbonyl (C=O) groups excluding carboxylic acids is 2. The number of anilines is 1. The molecule has 2 aliphatic heterocycles. The van der Waals surface area contributed by atoms with Crippen molar-refractivity contribution >= 4 is 29.2 Å². The molecule has 9 nitrogen and oxygen atoms in total. The van der Waals surface area contributed by atoms with Gasteiger partial charge in [-0.3, -0.25) is 19.8 Å². The minimum absolute atomic E-state index is 0.0119. The van der Waals surface area contributed by atoms with Gasteiger partial charge in [0.05, 0.1) is 30.7 Å². The molecular weight excluding hydrogens is 484 g/mol. The lowest BCUT2D eigenvalue weighted by Crippen LogP contribution is -2.47. The number of nitrogens with one attached hydrogen (secondary N) is 2. The highest BCUT2D eigenvalue weighted by Crippen LogP contribution is 2.48. The van der Waals surface area contributed by atoms with Crippen molar-refractivity contribution in [2.45, 2.75) is 52.1 Å². The normalized spacial score (nSPS) is 18.2. The number of ketones is 1. The summed E-state index contributed by atoms with van der Waals surface area (Å²) in [5, 5.41) is 21.1. The monoisotopic (exact) mass is 520 g/mol. The second kappa shape index (κ2) is 10.1. The first-order valence-electron chi connectivity index (χ1n) is 12.9. The van der Waals surface area contributed by atoms with E-state index >= 15 is 0 Å². The fourth-order valence-electron chi connectivity index (χ4n) is 6.05. The summed E-state index contributed by atoms with van der Waals surface area (Å²) in [7, 11) is 3.46. The Morgan fingerprint density at radius 2 is 1.92 bits per heavy atom. The molecule has 0 spiro atoms. The minimum Gasteiger partial charge on any atom is -0.493 e. The summed E-state index contributed by atoms with van der Waals surface area (Å²) < 4.78 is 5.67. The Kier molecular flexibility index (Phi) is 7.23. The van der Waals surface area contributed by atoms with E-state index in [0.29, 0.717) is 42.0 Å². The van der Waals surface area contributed by atoms with E-state index in [0.717, 1.165) is 16.8 Å². The molecule has 0 aliphatic carbocycles. The molecule has 0 radical (unpaired) electrons. The van der Waals surface area contributed by atoms with Crippen LogP contribution in [0.2, 0.25) is 0 Å². The number of carbonyl (C=O) groups is 3. The van der Waals surface area contributed by atoms with Crippen LogP contribution in [0.1, 0.15) is 71.5 Å². The van der Waals surface area contributed by atoms with Gasteiger partial charge in [-0.05, 0) is 54.8 Å². The number of rotatable bonds is 9. The number of nitrogens with zero attached hydrogens (tertiary/aromatic N) is 2. The highest BCUT2D eigenvalue weighted by molar-refractivity contribution is 6.07. The van der Waals surface area contributed by atoms with Gasteiger partial charge in [0.25, 0.3) is 5.91 Å². The number of likely N-dealkylation sites (N-methyl/N-ethyl adjacent to an activating group) is 1. The fourth-order valence-corrected chi connectivity index (χ4v) is 6.05. The van der Waals surface area contributed by atoms with Gasteiger partial charge in [0.2, 0.25) is 0 Å². The zero-order chi connectivity index (χ0) is 27.9. The molecule has 1 amide bonds. The van der Waals surface area contributed by atoms with Crippen LogP contribution < -0.4 is 15.0 Å². The van der Waals surface area contributed by atoms with E-state index < -0.39 is 17.3 Å². The average molecular weight is 521 g/mol. The number of carboxylic acid groups (broad SMARTS) is 1. The maximum absolute atomic E-state index is 13.4. The molecule has 4 rings (SSSR count). The minimum atomic E-state index is -0.819. The average Bonchev–Trinajstić information content (AvgIpc) is 3.28. The zero-order valence-corrected chi connectivity index (χ0v) is 22.8. The molecule has 38 heavy (non-hydrogen) atoms. The fraction of sp³-hybridized carbons (Fsp3) is 0.448. The zero-order valence-electron chi connectivity index (χ0n) is 22.8. The van der Waals surface area contributed by atoms with Gasteiger partial charge in [-0.25, -0.2) is 0 Å². The molecule has 3 N–H and O–H groups in total. The molecule has 2 aromatic carbocycles. The van der Waals surface area contributed by atoms with Crippen molar-refractivity contribution in [1.29, 1.82) is 5.41 Å². The highest BCUT2D eigenvalue weighted by Gasteiger charge is 2.48. The van der Waals surface area contributed by atoms with Crippen molar-refractivity contribution in [2.75, 3.05) is 32.1 Å². The van der Waals surface area contributed by atoms with Crippen molar-refractivity contribution in [3.63, 3.8) is 0 Å². The van der Waals surface area contributed by atoms with Gasteiger partial charge in [0, 0.05) is 42.9 Å². The number of aliphatic carboxylic acids is 1. The lowest BCUT2D eigenvalue weighted by Gasteiger charge is -2.36. The summed E-state index contributed by atoms with van der Waals surface area (Å²) in [6, 6.07) is 8.76. The van der Waals surface area contributed by atoms with Gasteiger partial charge in [-0.1, -0.05) is 20.8 Å². The molecule has 0 aromatic heterocycles. The molecule has 2 heterocycles.